The van der Waals surface area contributed by atoms with Crippen LogP contribution in [0.5, 0.6) is 0 Å². The summed E-state index contributed by atoms with van der Waals surface area (Å²) in [4.78, 5) is 28.0. The number of methoxy groups -OCH3 is 1. The lowest BCUT2D eigenvalue weighted by molar-refractivity contribution is 0.0599. The molecular formula is C18H12FN3O4. The number of halogens is 1. The van der Waals surface area contributed by atoms with Gasteiger partial charge in [0.1, 0.15) is 24.0 Å². The minimum Gasteiger partial charge on any atom is -0.465 e. The van der Waals surface area contributed by atoms with Crippen LogP contribution in [0.25, 0.3) is 11.3 Å². The fraction of sp³-hybridized carbons (Fsp3) is 0.111. The van der Waals surface area contributed by atoms with Crippen molar-refractivity contribution in [1.29, 1.82) is 5.26 Å². The van der Waals surface area contributed by atoms with Crippen LogP contribution in [-0.4, -0.2) is 22.6 Å². The molecule has 130 valence electrons. The maximum Gasteiger partial charge on any atom is 0.339 e. The Morgan fingerprint density at radius 1 is 1.38 bits per heavy atom. The van der Waals surface area contributed by atoms with Crippen molar-refractivity contribution in [2.75, 3.05) is 7.11 Å². The number of carbonyl (C=O) groups is 1. The van der Waals surface area contributed by atoms with Gasteiger partial charge in [0.2, 0.25) is 5.89 Å². The summed E-state index contributed by atoms with van der Waals surface area (Å²) in [6.07, 6.45) is 2.72. The fourth-order valence-corrected chi connectivity index (χ4v) is 2.34. The maximum absolute atomic E-state index is 13.0. The predicted octanol–water partition coefficient (Wildman–Crippen LogP) is 2.35. The number of esters is 1. The third-order valence-electron chi connectivity index (χ3n) is 3.62. The molecule has 0 unspecified atom stereocenters. The average Bonchev–Trinajstić information content (AvgIpc) is 3.11. The second-order valence-electron chi connectivity index (χ2n) is 5.30. The number of rotatable bonds is 4. The van der Waals surface area contributed by atoms with Gasteiger partial charge in [0.05, 0.1) is 18.9 Å². The fourth-order valence-electron chi connectivity index (χ4n) is 2.34. The lowest BCUT2D eigenvalue weighted by Gasteiger charge is -2.06. The van der Waals surface area contributed by atoms with E-state index in [1.54, 1.807) is 6.07 Å². The molecule has 0 fully saturated rings. The van der Waals surface area contributed by atoms with Crippen LogP contribution in [0.1, 0.15) is 21.8 Å². The number of ether oxygens (including phenoxy) is 1. The molecule has 0 aliphatic carbocycles. The maximum atomic E-state index is 13.0. The van der Waals surface area contributed by atoms with E-state index < -0.39 is 11.5 Å². The van der Waals surface area contributed by atoms with E-state index in [-0.39, 0.29) is 29.4 Å². The molecule has 26 heavy (non-hydrogen) atoms. The van der Waals surface area contributed by atoms with Crippen molar-refractivity contribution in [3.05, 3.63) is 75.9 Å². The molecule has 0 bridgehead atoms. The van der Waals surface area contributed by atoms with Gasteiger partial charge in [-0.25, -0.2) is 14.2 Å². The van der Waals surface area contributed by atoms with Crippen LogP contribution in [0.2, 0.25) is 0 Å². The molecule has 3 aromatic rings. The van der Waals surface area contributed by atoms with Gasteiger partial charge in [-0.05, 0) is 30.3 Å². The van der Waals surface area contributed by atoms with Crippen LogP contribution in [-0.2, 0) is 11.3 Å². The van der Waals surface area contributed by atoms with Gasteiger partial charge < -0.3 is 13.7 Å². The zero-order valence-electron chi connectivity index (χ0n) is 13.6. The van der Waals surface area contributed by atoms with Gasteiger partial charge in [-0.2, -0.15) is 5.26 Å². The highest BCUT2D eigenvalue weighted by Crippen LogP contribution is 2.21. The molecule has 0 aliphatic heterocycles. The molecule has 8 heteroatoms. The van der Waals surface area contributed by atoms with Crippen LogP contribution >= 0.6 is 0 Å². The van der Waals surface area contributed by atoms with Crippen molar-refractivity contribution in [3.63, 3.8) is 0 Å². The highest BCUT2D eigenvalue weighted by atomic mass is 19.1. The Labute approximate surface area is 146 Å². The van der Waals surface area contributed by atoms with Gasteiger partial charge in [0, 0.05) is 11.8 Å². The molecule has 7 nitrogen and oxygen atoms in total. The highest BCUT2D eigenvalue weighted by Gasteiger charge is 2.14. The van der Waals surface area contributed by atoms with Crippen molar-refractivity contribution >= 4 is 5.97 Å². The first kappa shape index (κ1) is 17.1. The molecule has 0 spiro atoms. The predicted molar refractivity (Wildman–Crippen MR) is 87.8 cm³/mol. The normalized spacial score (nSPS) is 10.3. The van der Waals surface area contributed by atoms with Crippen molar-refractivity contribution in [2.24, 2.45) is 0 Å². The Morgan fingerprint density at radius 2 is 2.12 bits per heavy atom. The minimum absolute atomic E-state index is 0.0639. The lowest BCUT2D eigenvalue weighted by Crippen LogP contribution is -2.24. The molecule has 3 rings (SSSR count). The third-order valence-corrected chi connectivity index (χ3v) is 3.62. The van der Waals surface area contributed by atoms with Crippen LogP contribution in [0.15, 0.2) is 51.9 Å². The number of hydrogen-bond donors (Lipinski definition) is 0. The Morgan fingerprint density at radius 3 is 2.77 bits per heavy atom. The zero-order valence-corrected chi connectivity index (χ0v) is 13.6. The second kappa shape index (κ2) is 7.03. The average molecular weight is 353 g/mol. The summed E-state index contributed by atoms with van der Waals surface area (Å²) in [5.74, 6) is -0.451. The summed E-state index contributed by atoms with van der Waals surface area (Å²) < 4.78 is 24.3. The van der Waals surface area contributed by atoms with Crippen LogP contribution in [0.4, 0.5) is 4.39 Å². The third kappa shape index (κ3) is 3.37. The first-order valence-electron chi connectivity index (χ1n) is 7.45. The Kier molecular flexibility index (Phi) is 4.62. The number of hydrogen-bond acceptors (Lipinski definition) is 6. The van der Waals surface area contributed by atoms with Gasteiger partial charge in [-0.3, -0.25) is 4.79 Å². The first-order valence-corrected chi connectivity index (χ1v) is 7.45. The van der Waals surface area contributed by atoms with Gasteiger partial charge in [0.15, 0.2) is 5.76 Å². The Balaban J connectivity index is 1.94. The molecule has 0 amide bonds. The summed E-state index contributed by atoms with van der Waals surface area (Å²) in [7, 11) is 1.20. The van der Waals surface area contributed by atoms with E-state index in [0.29, 0.717) is 11.3 Å². The number of carbonyl (C=O) groups excluding carboxylic acids is 1. The van der Waals surface area contributed by atoms with Crippen molar-refractivity contribution in [1.82, 2.24) is 9.55 Å². The van der Waals surface area contributed by atoms with Gasteiger partial charge in [-0.1, -0.05) is 0 Å². The van der Waals surface area contributed by atoms with Crippen LogP contribution < -0.4 is 5.56 Å². The summed E-state index contributed by atoms with van der Waals surface area (Å²) >= 11 is 0. The molecule has 2 aromatic heterocycles. The SMILES string of the molecule is COC(=O)c1cc(C#N)c(=O)n(Cc2ncc(-c3ccc(F)cc3)o2)c1. The number of aromatic nitrogens is 2. The quantitative estimate of drug-likeness (QED) is 0.668. The number of oxazole rings is 1. The van der Waals surface area contributed by atoms with Crippen molar-refractivity contribution in [2.45, 2.75) is 6.54 Å². The number of nitrogens with zero attached hydrogens (tertiary/aromatic N) is 3. The van der Waals surface area contributed by atoms with E-state index in [4.69, 9.17) is 9.68 Å². The van der Waals surface area contributed by atoms with E-state index in [1.807, 2.05) is 0 Å². The van der Waals surface area contributed by atoms with Crippen LogP contribution in [0.3, 0.4) is 0 Å². The molecule has 0 saturated heterocycles. The van der Waals surface area contributed by atoms with Gasteiger partial charge >= 0.3 is 5.97 Å². The number of nitriles is 1. The zero-order chi connectivity index (χ0) is 18.7. The van der Waals surface area contributed by atoms with E-state index in [1.165, 1.54) is 49.8 Å². The topological polar surface area (TPSA) is 98.1 Å². The summed E-state index contributed by atoms with van der Waals surface area (Å²) in [5.41, 5.74) is -0.0904. The standard InChI is InChI=1S/C18H12FN3O4/c1-25-18(24)13-6-12(7-20)17(23)22(9-13)10-16-21-8-15(26-16)11-2-4-14(19)5-3-11/h2-6,8-9H,10H2,1H3. The molecule has 0 aliphatic rings. The highest BCUT2D eigenvalue weighted by molar-refractivity contribution is 5.89. The molecular weight excluding hydrogens is 341 g/mol. The summed E-state index contributed by atoms with van der Waals surface area (Å²) in [6.45, 7) is -0.0838. The molecule has 0 N–H and O–H groups in total. The van der Waals surface area contributed by atoms with E-state index >= 15 is 0 Å². The molecule has 0 radical (unpaired) electrons. The Hall–Kier alpha value is -3.73. The van der Waals surface area contributed by atoms with Crippen molar-refractivity contribution < 1.29 is 18.3 Å². The monoisotopic (exact) mass is 353 g/mol. The van der Waals surface area contributed by atoms with Crippen molar-refractivity contribution in [3.8, 4) is 17.4 Å². The summed E-state index contributed by atoms with van der Waals surface area (Å²) in [6, 6.07) is 8.58. The van der Waals surface area contributed by atoms with Gasteiger partial charge in [-0.15, -0.1) is 0 Å². The molecule has 0 saturated carbocycles. The molecule has 0 atom stereocenters. The van der Waals surface area contributed by atoms with E-state index in [0.717, 1.165) is 4.57 Å². The second-order valence-corrected chi connectivity index (χ2v) is 5.30. The molecule has 2 heterocycles. The van der Waals surface area contributed by atoms with Crippen LogP contribution in [0, 0.1) is 17.1 Å². The first-order chi connectivity index (χ1) is 12.5. The van der Waals surface area contributed by atoms with E-state index in [2.05, 4.69) is 9.72 Å². The largest absolute Gasteiger partial charge is 0.465 e. The van der Waals surface area contributed by atoms with Gasteiger partial charge in [0.25, 0.3) is 5.56 Å². The molecule has 1 aromatic carbocycles. The smallest absolute Gasteiger partial charge is 0.339 e. The lowest BCUT2D eigenvalue weighted by atomic mass is 10.2. The minimum atomic E-state index is -0.672. The number of benzene rings is 1. The Bertz CT molecular complexity index is 1060. The van der Waals surface area contributed by atoms with E-state index in [9.17, 15) is 14.0 Å². The summed E-state index contributed by atoms with van der Waals surface area (Å²) in [5, 5.41) is 9.08. The number of pyridine rings is 1.